The van der Waals surface area contributed by atoms with Crippen LogP contribution in [0.4, 0.5) is 0 Å². The number of carbonyl (C=O) groups is 1. The molecule has 0 heterocycles. The molecular weight excluding hydrogens is 804 g/mol. The average molecular weight is 903 g/mol. The second-order valence-electron chi connectivity index (χ2n) is 18.5. The fourth-order valence-electron chi connectivity index (χ4n) is 7.10. The van der Waals surface area contributed by atoms with Gasteiger partial charge in [0.1, 0.15) is 13.2 Å². The molecular formula is C54H99N2O6P. The van der Waals surface area contributed by atoms with Gasteiger partial charge in [-0.15, -0.1) is 0 Å². The van der Waals surface area contributed by atoms with E-state index in [1.54, 1.807) is 6.08 Å². The van der Waals surface area contributed by atoms with Crippen LogP contribution >= 0.6 is 7.82 Å². The van der Waals surface area contributed by atoms with Gasteiger partial charge in [-0.3, -0.25) is 9.36 Å². The van der Waals surface area contributed by atoms with Crippen molar-refractivity contribution in [3.05, 3.63) is 72.9 Å². The highest BCUT2D eigenvalue weighted by Crippen LogP contribution is 2.38. The van der Waals surface area contributed by atoms with Crippen LogP contribution in [0.15, 0.2) is 72.9 Å². The van der Waals surface area contributed by atoms with E-state index in [9.17, 15) is 19.4 Å². The number of carbonyl (C=O) groups excluding carboxylic acids is 1. The van der Waals surface area contributed by atoms with Crippen LogP contribution in [-0.4, -0.2) is 68.5 Å². The lowest BCUT2D eigenvalue weighted by Gasteiger charge is -2.29. The SMILES string of the molecule is CC/C=C\C/C=C\C/C=C\C/C=C\CCCCCCCCCCCCCCCCC(=O)NC(COP(=O)([O-])OCC[N+](C)(C)C)C(O)/C=C/CC/C=C/CCCCCCCCCC. The first kappa shape index (κ1) is 60.9. The van der Waals surface area contributed by atoms with Gasteiger partial charge < -0.3 is 28.8 Å². The van der Waals surface area contributed by atoms with E-state index < -0.39 is 26.6 Å². The summed E-state index contributed by atoms with van der Waals surface area (Å²) in [6.45, 7) is 4.50. The van der Waals surface area contributed by atoms with Crippen molar-refractivity contribution in [1.82, 2.24) is 5.32 Å². The molecule has 0 aromatic heterocycles. The van der Waals surface area contributed by atoms with Crippen LogP contribution in [0.2, 0.25) is 0 Å². The number of aliphatic hydroxyl groups is 1. The van der Waals surface area contributed by atoms with Crippen LogP contribution in [0.3, 0.4) is 0 Å². The summed E-state index contributed by atoms with van der Waals surface area (Å²) < 4.78 is 23.2. The Labute approximate surface area is 389 Å². The summed E-state index contributed by atoms with van der Waals surface area (Å²) in [5.41, 5.74) is 0. The van der Waals surface area contributed by atoms with E-state index in [1.165, 1.54) is 128 Å². The Morgan fingerprint density at radius 3 is 1.48 bits per heavy atom. The fourth-order valence-corrected chi connectivity index (χ4v) is 7.82. The topological polar surface area (TPSA) is 108 Å². The second-order valence-corrected chi connectivity index (χ2v) is 19.9. The van der Waals surface area contributed by atoms with Crippen molar-refractivity contribution in [2.45, 2.75) is 225 Å². The zero-order chi connectivity index (χ0) is 46.4. The predicted octanol–water partition coefficient (Wildman–Crippen LogP) is 14.5. The number of unbranched alkanes of at least 4 members (excludes halogenated alkanes) is 23. The van der Waals surface area contributed by atoms with Gasteiger partial charge in [0.2, 0.25) is 5.91 Å². The highest BCUT2D eigenvalue weighted by atomic mass is 31.2. The average Bonchev–Trinajstić information content (AvgIpc) is 3.24. The van der Waals surface area contributed by atoms with E-state index in [0.717, 1.165) is 64.2 Å². The van der Waals surface area contributed by atoms with Gasteiger partial charge in [0.15, 0.2) is 0 Å². The standard InChI is InChI=1S/C54H99N2O6P/c1-6-8-10-12-14-16-18-20-22-23-24-25-26-27-28-29-30-31-32-33-34-36-38-40-42-44-46-48-54(58)55-52(51-62-63(59,60)61-50-49-56(3,4)5)53(57)47-45-43-41-39-37-35-21-19-17-15-13-11-9-7-2/h8,10,14,16,20,22,24-25,37,39,45,47,52-53,57H,6-7,9,11-13,15,17-19,21,23,26-36,38,40-44,46,48-51H2,1-5H3,(H-,55,58,59,60)/b10-8-,16-14-,22-20-,25-24-,39-37+,47-45+. The number of hydrogen-bond donors (Lipinski definition) is 2. The molecule has 0 bridgehead atoms. The number of phosphoric acid groups is 1. The molecule has 0 rings (SSSR count). The summed E-state index contributed by atoms with van der Waals surface area (Å²) in [5.74, 6) is -0.211. The number of quaternary nitrogens is 1. The number of allylic oxidation sites excluding steroid dienone is 11. The van der Waals surface area contributed by atoms with Crippen LogP contribution in [-0.2, 0) is 18.4 Å². The third-order valence-corrected chi connectivity index (χ3v) is 12.1. The largest absolute Gasteiger partial charge is 0.756 e. The van der Waals surface area contributed by atoms with Gasteiger partial charge in [-0.05, 0) is 70.6 Å². The number of nitrogens with one attached hydrogen (secondary N) is 1. The molecule has 366 valence electrons. The fraction of sp³-hybridized carbons (Fsp3) is 0.759. The molecule has 0 aromatic carbocycles. The molecule has 0 aliphatic heterocycles. The molecule has 0 aliphatic rings. The van der Waals surface area contributed by atoms with Gasteiger partial charge in [-0.2, -0.15) is 0 Å². The Kier molecular flexibility index (Phi) is 43.6. The maximum atomic E-state index is 12.9. The lowest BCUT2D eigenvalue weighted by Crippen LogP contribution is -2.45. The molecule has 2 N–H and O–H groups in total. The summed E-state index contributed by atoms with van der Waals surface area (Å²) in [6.07, 6.45) is 61.1. The normalized spacial score (nSPS) is 14.7. The molecule has 0 fully saturated rings. The summed E-state index contributed by atoms with van der Waals surface area (Å²) >= 11 is 0. The molecule has 0 radical (unpaired) electrons. The van der Waals surface area contributed by atoms with Crippen molar-refractivity contribution in [3.63, 3.8) is 0 Å². The van der Waals surface area contributed by atoms with E-state index in [0.29, 0.717) is 17.4 Å². The highest BCUT2D eigenvalue weighted by molar-refractivity contribution is 7.45. The molecule has 9 heteroatoms. The highest BCUT2D eigenvalue weighted by Gasteiger charge is 2.23. The number of nitrogens with zero attached hydrogens (tertiary/aromatic N) is 1. The number of phosphoric ester groups is 1. The first-order chi connectivity index (χ1) is 30.5. The van der Waals surface area contributed by atoms with Crippen molar-refractivity contribution in [3.8, 4) is 0 Å². The number of amides is 1. The maximum absolute atomic E-state index is 12.9. The zero-order valence-corrected chi connectivity index (χ0v) is 42.4. The predicted molar refractivity (Wildman–Crippen MR) is 270 cm³/mol. The Hall–Kier alpha value is -2.06. The minimum Gasteiger partial charge on any atom is -0.756 e. The van der Waals surface area contributed by atoms with Crippen molar-refractivity contribution in [2.75, 3.05) is 40.9 Å². The van der Waals surface area contributed by atoms with Crippen LogP contribution in [0.5, 0.6) is 0 Å². The van der Waals surface area contributed by atoms with Crippen LogP contribution in [0.25, 0.3) is 0 Å². The number of hydrogen-bond acceptors (Lipinski definition) is 6. The van der Waals surface area contributed by atoms with Gasteiger partial charge in [-0.25, -0.2) is 0 Å². The Morgan fingerprint density at radius 2 is 0.984 bits per heavy atom. The molecule has 1 amide bonds. The van der Waals surface area contributed by atoms with E-state index in [4.69, 9.17) is 9.05 Å². The number of likely N-dealkylation sites (N-methyl/N-ethyl adjacent to an activating group) is 1. The van der Waals surface area contributed by atoms with Crippen molar-refractivity contribution >= 4 is 13.7 Å². The first-order valence-electron chi connectivity index (χ1n) is 25.8. The van der Waals surface area contributed by atoms with Crippen molar-refractivity contribution in [2.24, 2.45) is 0 Å². The Bertz CT molecular complexity index is 1250. The first-order valence-corrected chi connectivity index (χ1v) is 27.3. The number of rotatable bonds is 46. The molecule has 63 heavy (non-hydrogen) atoms. The third kappa shape index (κ3) is 47.7. The third-order valence-electron chi connectivity index (χ3n) is 11.2. The van der Waals surface area contributed by atoms with E-state index in [2.05, 4.69) is 79.9 Å². The molecule has 0 saturated heterocycles. The molecule has 8 nitrogen and oxygen atoms in total. The summed E-state index contributed by atoms with van der Waals surface area (Å²) in [6, 6.07) is -0.905. The van der Waals surface area contributed by atoms with Gasteiger partial charge in [0.25, 0.3) is 7.82 Å². The summed E-state index contributed by atoms with van der Waals surface area (Å²) in [7, 11) is 1.24. The minimum absolute atomic E-state index is 0.00863. The van der Waals surface area contributed by atoms with Crippen molar-refractivity contribution < 1.29 is 32.9 Å². The smallest absolute Gasteiger partial charge is 0.268 e. The number of aliphatic hydroxyl groups excluding tert-OH is 1. The monoisotopic (exact) mass is 903 g/mol. The quantitative estimate of drug-likeness (QED) is 0.0273. The second kappa shape index (κ2) is 45.1. The summed E-state index contributed by atoms with van der Waals surface area (Å²) in [5, 5.41) is 13.8. The molecule has 0 spiro atoms. The van der Waals surface area contributed by atoms with Gasteiger partial charge >= 0.3 is 0 Å². The van der Waals surface area contributed by atoms with E-state index >= 15 is 0 Å². The van der Waals surface area contributed by atoms with Gasteiger partial charge in [-0.1, -0.05) is 209 Å². The molecule has 0 saturated carbocycles. The van der Waals surface area contributed by atoms with Crippen LogP contribution in [0.1, 0.15) is 213 Å². The lowest BCUT2D eigenvalue weighted by atomic mass is 10.0. The summed E-state index contributed by atoms with van der Waals surface area (Å²) in [4.78, 5) is 25.4. The lowest BCUT2D eigenvalue weighted by molar-refractivity contribution is -0.870. The van der Waals surface area contributed by atoms with Gasteiger partial charge in [0, 0.05) is 6.42 Å². The zero-order valence-electron chi connectivity index (χ0n) is 41.5. The maximum Gasteiger partial charge on any atom is 0.268 e. The molecule has 3 atom stereocenters. The molecule has 3 unspecified atom stereocenters. The van der Waals surface area contributed by atoms with E-state index in [-0.39, 0.29) is 12.5 Å². The Balaban J connectivity index is 4.23. The van der Waals surface area contributed by atoms with Crippen molar-refractivity contribution in [1.29, 1.82) is 0 Å². The van der Waals surface area contributed by atoms with Gasteiger partial charge in [0.05, 0.1) is 39.9 Å². The minimum atomic E-state index is -4.60. The van der Waals surface area contributed by atoms with Crippen LogP contribution in [0, 0.1) is 0 Å². The Morgan fingerprint density at radius 1 is 0.571 bits per heavy atom. The molecule has 0 aliphatic carbocycles. The van der Waals surface area contributed by atoms with Crippen LogP contribution < -0.4 is 10.2 Å². The molecule has 0 aromatic rings. The van der Waals surface area contributed by atoms with E-state index in [1.807, 2.05) is 27.2 Å².